The lowest BCUT2D eigenvalue weighted by atomic mass is 10.2. The molecule has 1 atom stereocenters. The zero-order chi connectivity index (χ0) is 11.8. The van der Waals surface area contributed by atoms with Crippen molar-refractivity contribution in [3.63, 3.8) is 0 Å². The molecule has 2 N–H and O–H groups in total. The molecular weight excluding hydrogens is 226 g/mol. The van der Waals surface area contributed by atoms with Crippen LogP contribution in [0.15, 0.2) is 24.3 Å². The Bertz CT molecular complexity index is 307. The van der Waals surface area contributed by atoms with E-state index in [0.717, 1.165) is 10.6 Å². The molecule has 0 amide bonds. The van der Waals surface area contributed by atoms with Crippen molar-refractivity contribution in [2.45, 2.75) is 19.6 Å². The molecule has 0 aromatic heterocycles. The molecule has 0 aliphatic carbocycles. The van der Waals surface area contributed by atoms with Gasteiger partial charge in [-0.2, -0.15) is 0 Å². The average molecular weight is 244 g/mol. The summed E-state index contributed by atoms with van der Waals surface area (Å²) in [5.74, 6) is 0. The Labute approximate surface area is 101 Å². The number of halogens is 1. The Morgan fingerprint density at radius 2 is 2.31 bits per heavy atom. The van der Waals surface area contributed by atoms with Crippen LogP contribution in [-0.2, 0) is 11.3 Å². The molecule has 1 rings (SSSR count). The molecule has 90 valence electrons. The van der Waals surface area contributed by atoms with Crippen LogP contribution in [0.1, 0.15) is 12.5 Å². The summed E-state index contributed by atoms with van der Waals surface area (Å²) >= 11 is 5.86. The van der Waals surface area contributed by atoms with Crippen LogP contribution in [0, 0.1) is 0 Å². The topological polar surface area (TPSA) is 41.5 Å². The van der Waals surface area contributed by atoms with Crippen molar-refractivity contribution in [1.82, 2.24) is 5.32 Å². The van der Waals surface area contributed by atoms with Gasteiger partial charge < -0.3 is 15.2 Å². The van der Waals surface area contributed by atoms with Crippen LogP contribution >= 0.6 is 11.6 Å². The van der Waals surface area contributed by atoms with Crippen molar-refractivity contribution in [2.24, 2.45) is 0 Å². The first kappa shape index (κ1) is 13.5. The molecule has 0 fully saturated rings. The van der Waals surface area contributed by atoms with Crippen LogP contribution in [0.2, 0.25) is 5.02 Å². The first-order valence-corrected chi connectivity index (χ1v) is 5.81. The van der Waals surface area contributed by atoms with E-state index in [1.165, 1.54) is 0 Å². The van der Waals surface area contributed by atoms with Crippen molar-refractivity contribution in [3.8, 4) is 0 Å². The second-order valence-corrected chi connectivity index (χ2v) is 4.01. The Morgan fingerprint density at radius 3 is 3.00 bits per heavy atom. The molecule has 4 heteroatoms. The Hall–Kier alpha value is -0.610. The lowest BCUT2D eigenvalue weighted by Gasteiger charge is -2.11. The summed E-state index contributed by atoms with van der Waals surface area (Å²) in [6, 6.07) is 7.66. The third-order valence-corrected chi connectivity index (χ3v) is 2.35. The summed E-state index contributed by atoms with van der Waals surface area (Å²) < 4.78 is 5.11. The minimum Gasteiger partial charge on any atom is -0.389 e. The second-order valence-electron chi connectivity index (χ2n) is 3.57. The van der Waals surface area contributed by atoms with Gasteiger partial charge in [0.1, 0.15) is 0 Å². The predicted molar refractivity (Wildman–Crippen MR) is 65.7 cm³/mol. The molecule has 0 heterocycles. The zero-order valence-corrected chi connectivity index (χ0v) is 10.2. The van der Waals surface area contributed by atoms with Gasteiger partial charge in [0, 0.05) is 24.7 Å². The molecule has 0 saturated heterocycles. The average Bonchev–Trinajstić information content (AvgIpc) is 2.26. The number of nitrogens with one attached hydrogen (secondary N) is 1. The summed E-state index contributed by atoms with van der Waals surface area (Å²) in [5, 5.41) is 13.4. The fourth-order valence-electron chi connectivity index (χ4n) is 1.34. The number of aliphatic hydroxyl groups excluding tert-OH is 1. The molecule has 3 nitrogen and oxygen atoms in total. The first-order valence-electron chi connectivity index (χ1n) is 5.43. The maximum absolute atomic E-state index is 9.50. The number of hydrogen-bond donors (Lipinski definition) is 2. The van der Waals surface area contributed by atoms with Gasteiger partial charge in [0.25, 0.3) is 0 Å². The highest BCUT2D eigenvalue weighted by Crippen LogP contribution is 2.10. The fraction of sp³-hybridized carbons (Fsp3) is 0.500. The van der Waals surface area contributed by atoms with Gasteiger partial charge in [0.05, 0.1) is 12.7 Å². The van der Waals surface area contributed by atoms with E-state index in [-0.39, 0.29) is 0 Å². The number of rotatable bonds is 7. The predicted octanol–water partition coefficient (Wildman–Crippen LogP) is 1.83. The number of hydrogen-bond acceptors (Lipinski definition) is 3. The third-order valence-electron chi connectivity index (χ3n) is 2.11. The van der Waals surface area contributed by atoms with Gasteiger partial charge in [-0.05, 0) is 24.6 Å². The number of ether oxygens (including phenoxy) is 1. The molecule has 0 aliphatic rings. The summed E-state index contributed by atoms with van der Waals surface area (Å²) in [6.07, 6.45) is -0.459. The van der Waals surface area contributed by atoms with Crippen LogP contribution in [-0.4, -0.2) is 31.0 Å². The van der Waals surface area contributed by atoms with Crippen LogP contribution in [0.25, 0.3) is 0 Å². The second kappa shape index (κ2) is 7.63. The normalized spacial score (nSPS) is 12.7. The van der Waals surface area contributed by atoms with E-state index in [1.807, 2.05) is 31.2 Å². The highest BCUT2D eigenvalue weighted by molar-refractivity contribution is 6.30. The van der Waals surface area contributed by atoms with Crippen LogP contribution in [0.3, 0.4) is 0 Å². The number of benzene rings is 1. The molecule has 1 unspecified atom stereocenters. The molecule has 16 heavy (non-hydrogen) atoms. The van der Waals surface area contributed by atoms with E-state index in [9.17, 15) is 5.11 Å². The van der Waals surface area contributed by atoms with Gasteiger partial charge in [-0.15, -0.1) is 0 Å². The monoisotopic (exact) mass is 243 g/mol. The van der Waals surface area contributed by atoms with Gasteiger partial charge >= 0.3 is 0 Å². The summed E-state index contributed by atoms with van der Waals surface area (Å²) in [6.45, 7) is 4.13. The van der Waals surface area contributed by atoms with Crippen LogP contribution < -0.4 is 5.32 Å². The van der Waals surface area contributed by atoms with E-state index >= 15 is 0 Å². The Kier molecular flexibility index (Phi) is 6.42. The van der Waals surface area contributed by atoms with E-state index in [2.05, 4.69) is 5.32 Å². The fourth-order valence-corrected chi connectivity index (χ4v) is 1.56. The molecule has 0 spiro atoms. The highest BCUT2D eigenvalue weighted by atomic mass is 35.5. The van der Waals surface area contributed by atoms with Gasteiger partial charge in [0.2, 0.25) is 0 Å². The molecule has 0 radical (unpaired) electrons. The first-order chi connectivity index (χ1) is 7.72. The van der Waals surface area contributed by atoms with Crippen molar-refractivity contribution in [1.29, 1.82) is 0 Å². The molecule has 1 aromatic carbocycles. The standard InChI is InChI=1S/C12H18ClNO2/c1-2-16-9-12(15)8-14-7-10-4-3-5-11(13)6-10/h3-6,12,14-15H,2,7-9H2,1H3. The molecule has 0 bridgehead atoms. The quantitative estimate of drug-likeness (QED) is 0.768. The summed E-state index contributed by atoms with van der Waals surface area (Å²) in [7, 11) is 0. The van der Waals surface area contributed by atoms with Gasteiger partial charge in [-0.3, -0.25) is 0 Å². The van der Waals surface area contributed by atoms with Gasteiger partial charge in [-0.25, -0.2) is 0 Å². The van der Waals surface area contributed by atoms with Crippen molar-refractivity contribution in [3.05, 3.63) is 34.9 Å². The molecule has 0 aliphatic heterocycles. The van der Waals surface area contributed by atoms with Crippen molar-refractivity contribution in [2.75, 3.05) is 19.8 Å². The maximum atomic E-state index is 9.50. The van der Waals surface area contributed by atoms with Crippen LogP contribution in [0.5, 0.6) is 0 Å². The zero-order valence-electron chi connectivity index (χ0n) is 9.45. The lowest BCUT2D eigenvalue weighted by Crippen LogP contribution is -2.30. The lowest BCUT2D eigenvalue weighted by molar-refractivity contribution is 0.0427. The Morgan fingerprint density at radius 1 is 1.50 bits per heavy atom. The number of aliphatic hydroxyl groups is 1. The van der Waals surface area contributed by atoms with Crippen molar-refractivity contribution < 1.29 is 9.84 Å². The minimum absolute atomic E-state index is 0.374. The Balaban J connectivity index is 2.20. The van der Waals surface area contributed by atoms with E-state index in [4.69, 9.17) is 16.3 Å². The smallest absolute Gasteiger partial charge is 0.0897 e. The molecule has 0 saturated carbocycles. The summed E-state index contributed by atoms with van der Waals surface area (Å²) in [5.41, 5.74) is 1.11. The SMILES string of the molecule is CCOCC(O)CNCc1cccc(Cl)c1. The van der Waals surface area contributed by atoms with E-state index < -0.39 is 6.10 Å². The third kappa shape index (κ3) is 5.47. The largest absolute Gasteiger partial charge is 0.389 e. The van der Waals surface area contributed by atoms with Crippen LogP contribution in [0.4, 0.5) is 0 Å². The highest BCUT2D eigenvalue weighted by Gasteiger charge is 2.02. The molecule has 1 aromatic rings. The molecular formula is C12H18ClNO2. The van der Waals surface area contributed by atoms with E-state index in [0.29, 0.717) is 26.3 Å². The van der Waals surface area contributed by atoms with Crippen molar-refractivity contribution >= 4 is 11.6 Å². The summed E-state index contributed by atoms with van der Waals surface area (Å²) in [4.78, 5) is 0. The van der Waals surface area contributed by atoms with E-state index in [1.54, 1.807) is 0 Å². The van der Waals surface area contributed by atoms with Gasteiger partial charge in [0.15, 0.2) is 0 Å². The maximum Gasteiger partial charge on any atom is 0.0897 e. The minimum atomic E-state index is -0.459. The van der Waals surface area contributed by atoms with Gasteiger partial charge in [-0.1, -0.05) is 23.7 Å².